The molecule has 0 atom stereocenters. The second-order valence-electron chi connectivity index (χ2n) is 6.16. The summed E-state index contributed by atoms with van der Waals surface area (Å²) in [4.78, 5) is 12.0. The first-order valence-electron chi connectivity index (χ1n) is 7.69. The maximum atomic E-state index is 12.0. The van der Waals surface area contributed by atoms with Gasteiger partial charge in [-0.15, -0.1) is 0 Å². The molecular weight excluding hydrogens is 384 g/mol. The van der Waals surface area contributed by atoms with Crippen molar-refractivity contribution in [1.29, 1.82) is 0 Å². The number of fused-ring (bicyclic) bond motifs is 1. The van der Waals surface area contributed by atoms with Crippen molar-refractivity contribution in [3.63, 3.8) is 0 Å². The number of hydrogen-bond donors (Lipinski definition) is 2. The van der Waals surface area contributed by atoms with Crippen LogP contribution in [-0.4, -0.2) is 22.8 Å². The van der Waals surface area contributed by atoms with E-state index in [-0.39, 0.29) is 11.7 Å². The van der Waals surface area contributed by atoms with Crippen LogP contribution in [0.4, 0.5) is 0 Å². The SMILES string of the molecule is CC1(C)C=Cc2c(ccc(/C=N/NC(=O)c3ccc(Br)cc3)c2O)O1. The van der Waals surface area contributed by atoms with Gasteiger partial charge in [-0.1, -0.05) is 15.9 Å². The molecule has 0 saturated heterocycles. The van der Waals surface area contributed by atoms with Crippen LogP contribution in [0.3, 0.4) is 0 Å². The van der Waals surface area contributed by atoms with E-state index < -0.39 is 5.60 Å². The second-order valence-corrected chi connectivity index (χ2v) is 7.08. The van der Waals surface area contributed by atoms with E-state index in [0.717, 1.165) is 4.47 Å². The largest absolute Gasteiger partial charge is 0.506 e. The number of nitrogens with zero attached hydrogens (tertiary/aromatic N) is 1. The van der Waals surface area contributed by atoms with Crippen molar-refractivity contribution in [2.75, 3.05) is 0 Å². The Morgan fingerprint density at radius 1 is 1.24 bits per heavy atom. The van der Waals surface area contributed by atoms with Crippen LogP contribution in [0.1, 0.15) is 35.3 Å². The molecule has 0 spiro atoms. The number of amides is 1. The average molecular weight is 401 g/mol. The van der Waals surface area contributed by atoms with Crippen LogP contribution in [0, 0.1) is 0 Å². The van der Waals surface area contributed by atoms with Crippen molar-refractivity contribution in [2.45, 2.75) is 19.4 Å². The van der Waals surface area contributed by atoms with E-state index in [2.05, 4.69) is 26.5 Å². The Morgan fingerprint density at radius 2 is 1.96 bits per heavy atom. The molecule has 6 heteroatoms. The van der Waals surface area contributed by atoms with Gasteiger partial charge < -0.3 is 9.84 Å². The van der Waals surface area contributed by atoms with Gasteiger partial charge in [-0.2, -0.15) is 5.10 Å². The van der Waals surface area contributed by atoms with Crippen LogP contribution in [-0.2, 0) is 0 Å². The molecule has 128 valence electrons. The number of phenols is 1. The first kappa shape index (κ1) is 17.2. The molecule has 5 nitrogen and oxygen atoms in total. The van der Waals surface area contributed by atoms with Gasteiger partial charge >= 0.3 is 0 Å². The maximum Gasteiger partial charge on any atom is 0.271 e. The predicted molar refractivity (Wildman–Crippen MR) is 101 cm³/mol. The van der Waals surface area contributed by atoms with Gasteiger partial charge in [0.2, 0.25) is 0 Å². The number of carbonyl (C=O) groups is 1. The van der Waals surface area contributed by atoms with Gasteiger partial charge in [0.15, 0.2) is 0 Å². The standard InChI is InChI=1S/C19H17BrN2O3/c1-19(2)10-9-15-16(25-19)8-5-13(17(15)23)11-21-22-18(24)12-3-6-14(20)7-4-12/h3-11,23H,1-2H3,(H,22,24)/b21-11+. The van der Waals surface area contributed by atoms with Crippen LogP contribution < -0.4 is 10.2 Å². The lowest BCUT2D eigenvalue weighted by Crippen LogP contribution is -2.27. The van der Waals surface area contributed by atoms with E-state index in [1.165, 1.54) is 6.21 Å². The topological polar surface area (TPSA) is 70.9 Å². The van der Waals surface area contributed by atoms with E-state index in [1.807, 2.05) is 26.0 Å². The van der Waals surface area contributed by atoms with E-state index >= 15 is 0 Å². The molecule has 1 aliphatic heterocycles. The Morgan fingerprint density at radius 3 is 2.68 bits per heavy atom. The van der Waals surface area contributed by atoms with Crippen molar-refractivity contribution in [1.82, 2.24) is 5.43 Å². The molecule has 1 heterocycles. The summed E-state index contributed by atoms with van der Waals surface area (Å²) in [5, 5.41) is 14.3. The van der Waals surface area contributed by atoms with Crippen molar-refractivity contribution >= 4 is 34.1 Å². The molecule has 2 aromatic carbocycles. The summed E-state index contributed by atoms with van der Waals surface area (Å²) in [7, 11) is 0. The lowest BCUT2D eigenvalue weighted by Gasteiger charge is -2.28. The van der Waals surface area contributed by atoms with E-state index in [0.29, 0.717) is 22.4 Å². The van der Waals surface area contributed by atoms with Crippen molar-refractivity contribution < 1.29 is 14.6 Å². The summed E-state index contributed by atoms with van der Waals surface area (Å²) in [6.45, 7) is 3.88. The highest BCUT2D eigenvalue weighted by Gasteiger charge is 2.24. The highest BCUT2D eigenvalue weighted by molar-refractivity contribution is 9.10. The summed E-state index contributed by atoms with van der Waals surface area (Å²) in [6.07, 6.45) is 5.11. The minimum atomic E-state index is -0.409. The summed E-state index contributed by atoms with van der Waals surface area (Å²) in [5.74, 6) is 0.345. The van der Waals surface area contributed by atoms with E-state index in [1.54, 1.807) is 36.4 Å². The van der Waals surface area contributed by atoms with Gasteiger partial charge in [0.25, 0.3) is 5.91 Å². The highest BCUT2D eigenvalue weighted by Crippen LogP contribution is 2.37. The Labute approximate surface area is 154 Å². The Kier molecular flexibility index (Phi) is 4.63. The van der Waals surface area contributed by atoms with Gasteiger partial charge in [-0.25, -0.2) is 5.43 Å². The number of carbonyl (C=O) groups excluding carboxylic acids is 1. The third-order valence-corrected chi connectivity index (χ3v) is 4.24. The van der Waals surface area contributed by atoms with Crippen LogP contribution in [0.25, 0.3) is 6.08 Å². The van der Waals surface area contributed by atoms with Gasteiger partial charge in [-0.05, 0) is 62.4 Å². The summed E-state index contributed by atoms with van der Waals surface area (Å²) >= 11 is 3.32. The summed E-state index contributed by atoms with van der Waals surface area (Å²) in [5.41, 5.74) is 3.62. The monoisotopic (exact) mass is 400 g/mol. The van der Waals surface area contributed by atoms with Crippen molar-refractivity contribution in [2.24, 2.45) is 5.10 Å². The summed E-state index contributed by atoms with van der Waals surface area (Å²) in [6, 6.07) is 10.4. The summed E-state index contributed by atoms with van der Waals surface area (Å²) < 4.78 is 6.69. The van der Waals surface area contributed by atoms with Gasteiger partial charge in [0, 0.05) is 15.6 Å². The Hall–Kier alpha value is -2.60. The zero-order valence-corrected chi connectivity index (χ0v) is 15.4. The fourth-order valence-corrected chi connectivity index (χ4v) is 2.65. The molecule has 25 heavy (non-hydrogen) atoms. The molecule has 0 bridgehead atoms. The average Bonchev–Trinajstić information content (AvgIpc) is 2.56. The number of nitrogens with one attached hydrogen (secondary N) is 1. The van der Waals surface area contributed by atoms with Crippen molar-refractivity contribution in [3.05, 3.63) is 63.6 Å². The lowest BCUT2D eigenvalue weighted by atomic mass is 10.00. The molecule has 0 radical (unpaired) electrons. The zero-order valence-electron chi connectivity index (χ0n) is 13.8. The number of hydrazone groups is 1. The van der Waals surface area contributed by atoms with Gasteiger partial charge in [-0.3, -0.25) is 4.79 Å². The van der Waals surface area contributed by atoms with Crippen LogP contribution in [0.5, 0.6) is 11.5 Å². The molecule has 1 aliphatic rings. The predicted octanol–water partition coefficient (Wildman–Crippen LogP) is 4.10. The molecule has 3 rings (SSSR count). The smallest absolute Gasteiger partial charge is 0.271 e. The van der Waals surface area contributed by atoms with Gasteiger partial charge in [0.05, 0.1) is 11.8 Å². The van der Waals surface area contributed by atoms with E-state index in [9.17, 15) is 9.90 Å². The number of benzene rings is 2. The number of rotatable bonds is 3. The lowest BCUT2D eigenvalue weighted by molar-refractivity contribution is 0.0955. The number of halogens is 1. The molecule has 0 aromatic heterocycles. The van der Waals surface area contributed by atoms with Crippen LogP contribution in [0.15, 0.2) is 52.0 Å². The fraction of sp³-hybridized carbons (Fsp3) is 0.158. The quantitative estimate of drug-likeness (QED) is 0.601. The molecule has 2 aromatic rings. The number of hydrogen-bond acceptors (Lipinski definition) is 4. The van der Waals surface area contributed by atoms with Crippen LogP contribution in [0.2, 0.25) is 0 Å². The molecule has 0 unspecified atom stereocenters. The normalized spacial score (nSPS) is 14.8. The first-order chi connectivity index (χ1) is 11.9. The number of aromatic hydroxyl groups is 1. The number of ether oxygens (including phenoxy) is 1. The minimum absolute atomic E-state index is 0.0610. The molecule has 0 fully saturated rings. The highest BCUT2D eigenvalue weighted by atomic mass is 79.9. The van der Waals surface area contributed by atoms with E-state index in [4.69, 9.17) is 4.74 Å². The first-order valence-corrected chi connectivity index (χ1v) is 8.48. The second kappa shape index (κ2) is 6.72. The maximum absolute atomic E-state index is 12.0. The zero-order chi connectivity index (χ0) is 18.0. The molecule has 0 aliphatic carbocycles. The minimum Gasteiger partial charge on any atom is -0.506 e. The number of phenolic OH excluding ortho intramolecular Hbond substituents is 1. The van der Waals surface area contributed by atoms with Crippen molar-refractivity contribution in [3.8, 4) is 11.5 Å². The van der Waals surface area contributed by atoms with Crippen LogP contribution >= 0.6 is 15.9 Å². The molecular formula is C19H17BrN2O3. The Balaban J connectivity index is 1.74. The Bertz CT molecular complexity index is 871. The fourth-order valence-electron chi connectivity index (χ4n) is 2.39. The molecule has 0 saturated carbocycles. The third kappa shape index (κ3) is 3.91. The molecule has 2 N–H and O–H groups in total. The van der Waals surface area contributed by atoms with Gasteiger partial charge in [0.1, 0.15) is 17.1 Å². The molecule has 1 amide bonds. The third-order valence-electron chi connectivity index (χ3n) is 3.71.